The molecule has 1 aliphatic heterocycles. The SMILES string of the molecule is CC[S+]1CC[S+](CC)C12CCCCC2.F[B-](F)(F)F.F[B-](F)(F)F. The van der Waals surface area contributed by atoms with E-state index in [2.05, 4.69) is 13.8 Å². The van der Waals surface area contributed by atoms with Crippen LogP contribution in [0.15, 0.2) is 0 Å². The third-order valence-electron chi connectivity index (χ3n) is 3.94. The Morgan fingerprint density at radius 1 is 0.667 bits per heavy atom. The Bertz CT molecular complexity index is 307. The van der Waals surface area contributed by atoms with Crippen LogP contribution in [0.1, 0.15) is 46.0 Å². The van der Waals surface area contributed by atoms with Crippen LogP contribution in [-0.2, 0) is 21.8 Å². The second-order valence-electron chi connectivity index (χ2n) is 5.43. The third-order valence-corrected chi connectivity index (χ3v) is 11.3. The van der Waals surface area contributed by atoms with Gasteiger partial charge in [-0.2, -0.15) is 0 Å². The first-order valence-electron chi connectivity index (χ1n) is 7.93. The molecular formula is C12H24B2F8S2. The van der Waals surface area contributed by atoms with E-state index in [4.69, 9.17) is 0 Å². The second kappa shape index (κ2) is 10.4. The van der Waals surface area contributed by atoms with Crippen molar-refractivity contribution < 1.29 is 34.5 Å². The van der Waals surface area contributed by atoms with E-state index in [1.807, 2.05) is 0 Å². The van der Waals surface area contributed by atoms with E-state index in [1.165, 1.54) is 30.8 Å². The van der Waals surface area contributed by atoms with Crippen LogP contribution in [0.25, 0.3) is 0 Å². The molecule has 1 saturated carbocycles. The molecule has 0 nitrogen and oxygen atoms in total. The maximum Gasteiger partial charge on any atom is 0.673 e. The smallest absolute Gasteiger partial charge is 0.418 e. The summed E-state index contributed by atoms with van der Waals surface area (Å²) < 4.78 is 78.9. The summed E-state index contributed by atoms with van der Waals surface area (Å²) in [6.45, 7) is 4.87. The van der Waals surface area contributed by atoms with Crippen LogP contribution < -0.4 is 0 Å². The van der Waals surface area contributed by atoms with Gasteiger partial charge in [-0.3, -0.25) is 0 Å². The number of rotatable bonds is 2. The van der Waals surface area contributed by atoms with E-state index < -0.39 is 14.5 Å². The van der Waals surface area contributed by atoms with Crippen LogP contribution in [0.4, 0.5) is 34.5 Å². The zero-order valence-corrected chi connectivity index (χ0v) is 15.5. The molecule has 24 heavy (non-hydrogen) atoms. The molecule has 2 fully saturated rings. The lowest BCUT2D eigenvalue weighted by Gasteiger charge is -2.29. The molecule has 12 heteroatoms. The summed E-state index contributed by atoms with van der Waals surface area (Å²) in [5, 5.41) is 0. The minimum Gasteiger partial charge on any atom is -0.418 e. The average molecular weight is 406 g/mol. The van der Waals surface area contributed by atoms with Gasteiger partial charge in [0.25, 0.3) is 4.08 Å². The molecule has 0 bridgehead atoms. The zero-order chi connectivity index (χ0) is 19.0. The highest BCUT2D eigenvalue weighted by atomic mass is 32.3. The van der Waals surface area contributed by atoms with E-state index in [1.54, 1.807) is 24.3 Å². The maximum atomic E-state index is 9.75. The van der Waals surface area contributed by atoms with E-state index in [9.17, 15) is 34.5 Å². The first-order chi connectivity index (χ1) is 10.8. The molecule has 2 aliphatic rings. The molecule has 1 saturated heterocycles. The Morgan fingerprint density at radius 3 is 1.21 bits per heavy atom. The summed E-state index contributed by atoms with van der Waals surface area (Å²) in [7, 11) is -10.4. The highest BCUT2D eigenvalue weighted by Gasteiger charge is 2.64. The van der Waals surface area contributed by atoms with Gasteiger partial charge >= 0.3 is 14.5 Å². The number of halogens is 8. The summed E-state index contributed by atoms with van der Waals surface area (Å²) in [5.74, 6) is 6.11. The van der Waals surface area contributed by atoms with Crippen LogP contribution in [0.3, 0.4) is 0 Å². The average Bonchev–Trinajstić information content (AvgIpc) is 2.73. The summed E-state index contributed by atoms with van der Waals surface area (Å²) in [6, 6.07) is 0. The number of hydrogen-bond acceptors (Lipinski definition) is 0. The molecule has 1 spiro atoms. The lowest BCUT2D eigenvalue weighted by molar-refractivity contribution is 0.366. The van der Waals surface area contributed by atoms with Crippen molar-refractivity contribution >= 4 is 36.3 Å². The van der Waals surface area contributed by atoms with E-state index in [0.717, 1.165) is 25.9 Å². The van der Waals surface area contributed by atoms with Gasteiger partial charge in [-0.15, -0.1) is 0 Å². The fraction of sp³-hybridized carbons (Fsp3) is 1.00. The highest BCUT2D eigenvalue weighted by Crippen LogP contribution is 2.46. The molecule has 2 unspecified atom stereocenters. The Morgan fingerprint density at radius 2 is 0.958 bits per heavy atom. The molecule has 0 N–H and O–H groups in total. The molecule has 2 atom stereocenters. The molecule has 0 aromatic carbocycles. The standard InChI is InChI=1S/C12H24S2.2BF4/c1-3-13-10-11-14(4-2)12(13)8-6-5-7-9-12;2*2-1(3,4)5/h3-11H2,1-2H3;;/q+2;2*-1. The Balaban J connectivity index is 0.000000442. The van der Waals surface area contributed by atoms with Crippen LogP contribution in [0, 0.1) is 0 Å². The fourth-order valence-corrected chi connectivity index (χ4v) is 11.5. The van der Waals surface area contributed by atoms with Crippen molar-refractivity contribution in [2.75, 3.05) is 23.0 Å². The van der Waals surface area contributed by atoms with Gasteiger partial charge in [0.2, 0.25) is 0 Å². The van der Waals surface area contributed by atoms with Crippen molar-refractivity contribution in [1.29, 1.82) is 0 Å². The minimum atomic E-state index is -6.00. The van der Waals surface area contributed by atoms with Crippen LogP contribution >= 0.6 is 0 Å². The van der Waals surface area contributed by atoms with Crippen molar-refractivity contribution in [1.82, 2.24) is 0 Å². The third kappa shape index (κ3) is 10.3. The largest absolute Gasteiger partial charge is 0.673 e. The van der Waals surface area contributed by atoms with Crippen molar-refractivity contribution in [2.24, 2.45) is 0 Å². The van der Waals surface area contributed by atoms with Crippen molar-refractivity contribution in [3.8, 4) is 0 Å². The molecular weight excluding hydrogens is 382 g/mol. The topological polar surface area (TPSA) is 0 Å². The summed E-state index contributed by atoms with van der Waals surface area (Å²) >= 11 is 0. The van der Waals surface area contributed by atoms with Gasteiger partial charge in [0.05, 0.1) is 0 Å². The maximum absolute atomic E-state index is 9.75. The summed E-state index contributed by atoms with van der Waals surface area (Å²) in [6.07, 6.45) is 7.76. The molecule has 0 aromatic rings. The Labute approximate surface area is 144 Å². The summed E-state index contributed by atoms with van der Waals surface area (Å²) in [4.78, 5) is 0. The first kappa shape index (κ1) is 24.3. The van der Waals surface area contributed by atoms with E-state index >= 15 is 0 Å². The second-order valence-corrected chi connectivity index (χ2v) is 11.2. The van der Waals surface area contributed by atoms with Crippen molar-refractivity contribution in [2.45, 2.75) is 50.0 Å². The Hall–Kier alpha value is 0.270. The number of hydrogen-bond donors (Lipinski definition) is 0. The van der Waals surface area contributed by atoms with Gasteiger partial charge in [0.1, 0.15) is 11.5 Å². The lowest BCUT2D eigenvalue weighted by Crippen LogP contribution is -2.44. The van der Waals surface area contributed by atoms with Gasteiger partial charge < -0.3 is 34.5 Å². The molecule has 146 valence electrons. The van der Waals surface area contributed by atoms with E-state index in [0.29, 0.717) is 0 Å². The first-order valence-corrected chi connectivity index (χ1v) is 11.1. The summed E-state index contributed by atoms with van der Waals surface area (Å²) in [5.41, 5.74) is 0. The molecule has 2 rings (SSSR count). The predicted molar refractivity (Wildman–Crippen MR) is 91.7 cm³/mol. The van der Waals surface area contributed by atoms with Gasteiger partial charge in [-0.1, -0.05) is 6.42 Å². The lowest BCUT2D eigenvalue weighted by atomic mass is 10.00. The van der Waals surface area contributed by atoms with Gasteiger partial charge in [-0.05, 0) is 26.7 Å². The van der Waals surface area contributed by atoms with Crippen molar-refractivity contribution in [3.63, 3.8) is 0 Å². The normalized spacial score (nSPS) is 26.2. The molecule has 0 radical (unpaired) electrons. The van der Waals surface area contributed by atoms with Crippen LogP contribution in [0.5, 0.6) is 0 Å². The van der Waals surface area contributed by atoms with Gasteiger partial charge in [0, 0.05) is 34.6 Å². The predicted octanol–water partition coefficient (Wildman–Crippen LogP) is 5.54. The molecule has 1 aliphatic carbocycles. The molecule has 0 aromatic heterocycles. The molecule has 1 heterocycles. The van der Waals surface area contributed by atoms with E-state index in [-0.39, 0.29) is 0 Å². The van der Waals surface area contributed by atoms with Gasteiger partial charge in [-0.25, -0.2) is 0 Å². The van der Waals surface area contributed by atoms with Gasteiger partial charge in [0.15, 0.2) is 11.5 Å². The fourth-order valence-electron chi connectivity index (χ4n) is 3.22. The van der Waals surface area contributed by atoms with Crippen LogP contribution in [-0.4, -0.2) is 41.6 Å². The highest BCUT2D eigenvalue weighted by molar-refractivity contribution is 8.18. The quantitative estimate of drug-likeness (QED) is 0.321. The van der Waals surface area contributed by atoms with Crippen molar-refractivity contribution in [3.05, 3.63) is 0 Å². The Kier molecular flexibility index (Phi) is 10.5. The van der Waals surface area contributed by atoms with Crippen LogP contribution in [0.2, 0.25) is 0 Å². The zero-order valence-electron chi connectivity index (χ0n) is 13.9. The molecule has 0 amide bonds. The monoisotopic (exact) mass is 406 g/mol. The minimum absolute atomic E-state index is 0.803.